The summed E-state index contributed by atoms with van der Waals surface area (Å²) in [7, 11) is 0. The van der Waals surface area contributed by atoms with Gasteiger partial charge in [-0.2, -0.15) is 0 Å². The Kier molecular flexibility index (Phi) is 6.26. The molecule has 1 N–H and O–H groups in total. The highest BCUT2D eigenvalue weighted by molar-refractivity contribution is 9.10. The number of ether oxygens (including phenoxy) is 2. The number of anilines is 1. The van der Waals surface area contributed by atoms with Crippen molar-refractivity contribution >= 4 is 39.1 Å². The lowest BCUT2D eigenvalue weighted by atomic mass is 10.2. The highest BCUT2D eigenvalue weighted by Crippen LogP contribution is 2.29. The van der Waals surface area contributed by atoms with Gasteiger partial charge in [-0.1, -0.05) is 11.6 Å². The van der Waals surface area contributed by atoms with E-state index in [1.165, 1.54) is 0 Å². The van der Waals surface area contributed by atoms with Crippen molar-refractivity contribution in [1.82, 2.24) is 9.97 Å². The highest BCUT2D eigenvalue weighted by atomic mass is 79.9. The van der Waals surface area contributed by atoms with Crippen LogP contribution in [0.3, 0.4) is 0 Å². The molecule has 0 saturated carbocycles. The average Bonchev–Trinajstić information content (AvgIpc) is 2.66. The first-order valence-corrected chi connectivity index (χ1v) is 9.16. The smallest absolute Gasteiger partial charge is 0.321 e. The van der Waals surface area contributed by atoms with Gasteiger partial charge in [0.15, 0.2) is 6.10 Å². The first-order chi connectivity index (χ1) is 13.0. The summed E-state index contributed by atoms with van der Waals surface area (Å²) in [6.45, 7) is 1.67. The lowest BCUT2D eigenvalue weighted by Crippen LogP contribution is -2.30. The fraction of sp³-hybridized carbons (Fsp3) is 0.105. The van der Waals surface area contributed by atoms with Crippen LogP contribution in [-0.4, -0.2) is 22.0 Å². The van der Waals surface area contributed by atoms with E-state index < -0.39 is 6.10 Å². The van der Waals surface area contributed by atoms with E-state index in [9.17, 15) is 4.79 Å². The molecule has 6 nitrogen and oxygen atoms in total. The van der Waals surface area contributed by atoms with Gasteiger partial charge in [-0.15, -0.1) is 0 Å². The van der Waals surface area contributed by atoms with E-state index in [0.29, 0.717) is 26.7 Å². The van der Waals surface area contributed by atoms with Crippen molar-refractivity contribution < 1.29 is 14.3 Å². The first-order valence-electron chi connectivity index (χ1n) is 7.99. The van der Waals surface area contributed by atoms with Gasteiger partial charge in [-0.25, -0.2) is 9.97 Å². The van der Waals surface area contributed by atoms with Gasteiger partial charge in [-0.3, -0.25) is 4.79 Å². The second-order valence-corrected chi connectivity index (χ2v) is 6.77. The van der Waals surface area contributed by atoms with Gasteiger partial charge in [0.25, 0.3) is 5.91 Å². The lowest BCUT2D eigenvalue weighted by Gasteiger charge is -2.16. The number of rotatable bonds is 6. The number of hydrogen-bond acceptors (Lipinski definition) is 5. The fourth-order valence-electron chi connectivity index (χ4n) is 2.11. The SMILES string of the molecule is CC(Oc1ccc(Cl)cc1Br)C(=O)Nc1ccc(Oc2ncccn2)cc1. The van der Waals surface area contributed by atoms with Gasteiger partial charge >= 0.3 is 6.01 Å². The van der Waals surface area contributed by atoms with E-state index >= 15 is 0 Å². The summed E-state index contributed by atoms with van der Waals surface area (Å²) < 4.78 is 11.9. The van der Waals surface area contributed by atoms with Gasteiger partial charge in [-0.05, 0) is 71.4 Å². The Balaban J connectivity index is 1.58. The molecule has 1 heterocycles. The van der Waals surface area contributed by atoms with Crippen molar-refractivity contribution in [1.29, 1.82) is 0 Å². The predicted molar refractivity (Wildman–Crippen MR) is 106 cm³/mol. The molecule has 3 rings (SSSR count). The maximum Gasteiger partial charge on any atom is 0.321 e. The number of hydrogen-bond donors (Lipinski definition) is 1. The van der Waals surface area contributed by atoms with Crippen molar-refractivity contribution in [3.05, 3.63) is 70.4 Å². The lowest BCUT2D eigenvalue weighted by molar-refractivity contribution is -0.122. The van der Waals surface area contributed by atoms with Crippen molar-refractivity contribution in [2.24, 2.45) is 0 Å². The number of nitrogens with one attached hydrogen (secondary N) is 1. The Morgan fingerprint density at radius 3 is 2.52 bits per heavy atom. The standard InChI is InChI=1S/C19H15BrClN3O3/c1-12(26-17-8-3-13(21)11-16(17)20)18(25)24-14-4-6-15(7-5-14)27-19-22-9-2-10-23-19/h2-12H,1H3,(H,24,25). The number of benzene rings is 2. The fourth-order valence-corrected chi connectivity index (χ4v) is 2.88. The molecule has 0 saturated heterocycles. The summed E-state index contributed by atoms with van der Waals surface area (Å²) in [5, 5.41) is 3.37. The van der Waals surface area contributed by atoms with Crippen LogP contribution in [0.1, 0.15) is 6.92 Å². The van der Waals surface area contributed by atoms with E-state index in [0.717, 1.165) is 0 Å². The highest BCUT2D eigenvalue weighted by Gasteiger charge is 2.16. The van der Waals surface area contributed by atoms with Crippen LogP contribution in [0, 0.1) is 0 Å². The van der Waals surface area contributed by atoms with Crippen molar-refractivity contribution in [2.75, 3.05) is 5.32 Å². The predicted octanol–water partition coefficient (Wildman–Crippen LogP) is 5.09. The summed E-state index contributed by atoms with van der Waals surface area (Å²) in [6.07, 6.45) is 2.49. The normalized spacial score (nSPS) is 11.5. The number of halogens is 2. The quantitative estimate of drug-likeness (QED) is 0.568. The molecule has 2 aromatic carbocycles. The summed E-state index contributed by atoms with van der Waals surface area (Å²) in [5.41, 5.74) is 0.618. The van der Waals surface area contributed by atoms with Gasteiger partial charge in [0, 0.05) is 23.1 Å². The minimum Gasteiger partial charge on any atom is -0.480 e. The third kappa shape index (κ3) is 5.42. The number of aromatic nitrogens is 2. The molecule has 8 heteroatoms. The molecule has 0 aliphatic rings. The van der Waals surface area contributed by atoms with Crippen LogP contribution < -0.4 is 14.8 Å². The van der Waals surface area contributed by atoms with E-state index in [1.807, 2.05) is 0 Å². The third-order valence-electron chi connectivity index (χ3n) is 3.44. The molecule has 0 spiro atoms. The molecular formula is C19H15BrClN3O3. The van der Waals surface area contributed by atoms with Crippen LogP contribution in [0.15, 0.2) is 65.4 Å². The Morgan fingerprint density at radius 1 is 1.15 bits per heavy atom. The number of carbonyl (C=O) groups excluding carboxylic acids is 1. The molecule has 0 aliphatic carbocycles. The molecule has 3 aromatic rings. The molecule has 0 fully saturated rings. The van der Waals surface area contributed by atoms with Crippen LogP contribution in [-0.2, 0) is 4.79 Å². The largest absolute Gasteiger partial charge is 0.480 e. The molecule has 27 heavy (non-hydrogen) atoms. The molecule has 0 radical (unpaired) electrons. The minimum absolute atomic E-state index is 0.254. The van der Waals surface area contributed by atoms with E-state index in [4.69, 9.17) is 21.1 Å². The molecule has 0 bridgehead atoms. The Bertz CT molecular complexity index is 923. The van der Waals surface area contributed by atoms with Crippen molar-refractivity contribution in [3.8, 4) is 17.5 Å². The van der Waals surface area contributed by atoms with Crippen LogP contribution in [0.25, 0.3) is 0 Å². The molecular weight excluding hydrogens is 434 g/mol. The zero-order valence-corrected chi connectivity index (χ0v) is 16.6. The molecule has 1 unspecified atom stereocenters. The van der Waals surface area contributed by atoms with E-state index in [-0.39, 0.29) is 11.9 Å². The second kappa shape index (κ2) is 8.83. The van der Waals surface area contributed by atoms with E-state index in [1.54, 1.807) is 67.8 Å². The van der Waals surface area contributed by atoms with Gasteiger partial charge in [0.1, 0.15) is 11.5 Å². The number of amides is 1. The van der Waals surface area contributed by atoms with Crippen molar-refractivity contribution in [3.63, 3.8) is 0 Å². The Hall–Kier alpha value is -2.64. The maximum atomic E-state index is 12.3. The summed E-state index contributed by atoms with van der Waals surface area (Å²) in [6, 6.07) is 13.9. The van der Waals surface area contributed by atoms with Gasteiger partial charge in [0.2, 0.25) is 0 Å². The topological polar surface area (TPSA) is 73.3 Å². The zero-order chi connectivity index (χ0) is 19.2. The van der Waals surface area contributed by atoms with Crippen LogP contribution in [0.4, 0.5) is 5.69 Å². The molecule has 0 aliphatic heterocycles. The number of nitrogens with zero attached hydrogens (tertiary/aromatic N) is 2. The second-order valence-electron chi connectivity index (χ2n) is 5.48. The van der Waals surface area contributed by atoms with Gasteiger partial charge < -0.3 is 14.8 Å². The van der Waals surface area contributed by atoms with Crippen molar-refractivity contribution in [2.45, 2.75) is 13.0 Å². The molecule has 138 valence electrons. The Morgan fingerprint density at radius 2 is 1.85 bits per heavy atom. The van der Waals surface area contributed by atoms with E-state index in [2.05, 4.69) is 31.2 Å². The van der Waals surface area contributed by atoms with Crippen LogP contribution in [0.5, 0.6) is 17.5 Å². The first kappa shape index (κ1) is 19.1. The summed E-state index contributed by atoms with van der Waals surface area (Å²) >= 11 is 9.27. The monoisotopic (exact) mass is 447 g/mol. The van der Waals surface area contributed by atoms with Crippen LogP contribution in [0.2, 0.25) is 5.02 Å². The Labute approximate surface area is 169 Å². The summed E-state index contributed by atoms with van der Waals surface area (Å²) in [5.74, 6) is 0.819. The zero-order valence-electron chi connectivity index (χ0n) is 14.2. The van der Waals surface area contributed by atoms with Crippen LogP contribution >= 0.6 is 27.5 Å². The summed E-state index contributed by atoms with van der Waals surface area (Å²) in [4.78, 5) is 20.3. The minimum atomic E-state index is -0.698. The molecule has 1 amide bonds. The average molecular weight is 449 g/mol. The molecule has 1 atom stereocenters. The third-order valence-corrected chi connectivity index (χ3v) is 4.29. The van der Waals surface area contributed by atoms with Gasteiger partial charge in [0.05, 0.1) is 4.47 Å². The maximum absolute atomic E-state index is 12.3. The molecule has 1 aromatic heterocycles. The number of carbonyl (C=O) groups is 1.